The normalized spacial score (nSPS) is 11.2. The molecule has 0 spiro atoms. The highest BCUT2D eigenvalue weighted by atomic mass is 35.5. The highest BCUT2D eigenvalue weighted by molar-refractivity contribution is 6.30. The molecule has 8 heteroatoms. The zero-order valence-corrected chi connectivity index (χ0v) is 8.24. The summed E-state index contributed by atoms with van der Waals surface area (Å²) in [7, 11) is 0. The Balaban J connectivity index is 3.45. The number of rotatable bonds is 3. The van der Waals surface area contributed by atoms with Gasteiger partial charge in [-0.2, -0.15) is 8.78 Å². The summed E-state index contributed by atoms with van der Waals surface area (Å²) in [4.78, 5) is 19.6. The van der Waals surface area contributed by atoms with Crippen LogP contribution in [-0.4, -0.2) is 16.0 Å². The SMILES string of the molecule is O=C(O)C(F)(F)c1ccc(Cl)cc1[N+](=O)[O-]. The molecule has 86 valence electrons. The minimum absolute atomic E-state index is 0.128. The molecule has 0 atom stereocenters. The first-order chi connectivity index (χ1) is 7.26. The minimum Gasteiger partial charge on any atom is -0.477 e. The third-order valence-electron chi connectivity index (χ3n) is 1.76. The smallest absolute Gasteiger partial charge is 0.379 e. The first kappa shape index (κ1) is 12.3. The topological polar surface area (TPSA) is 80.4 Å². The molecule has 1 rings (SSSR count). The molecule has 0 aliphatic rings. The van der Waals surface area contributed by atoms with E-state index in [4.69, 9.17) is 16.7 Å². The van der Waals surface area contributed by atoms with Crippen molar-refractivity contribution in [2.75, 3.05) is 0 Å². The molecule has 0 amide bonds. The second kappa shape index (κ2) is 4.01. The lowest BCUT2D eigenvalue weighted by atomic mass is 10.1. The lowest BCUT2D eigenvalue weighted by molar-refractivity contribution is -0.386. The van der Waals surface area contributed by atoms with Crippen LogP contribution in [0.3, 0.4) is 0 Å². The van der Waals surface area contributed by atoms with E-state index in [2.05, 4.69) is 0 Å². The maximum absolute atomic E-state index is 13.1. The van der Waals surface area contributed by atoms with Crippen molar-refractivity contribution in [1.82, 2.24) is 0 Å². The maximum atomic E-state index is 13.1. The average Bonchev–Trinajstić information content (AvgIpc) is 2.16. The van der Waals surface area contributed by atoms with Crippen LogP contribution in [0.5, 0.6) is 0 Å². The van der Waals surface area contributed by atoms with Crippen LogP contribution in [0.2, 0.25) is 5.02 Å². The predicted molar refractivity (Wildman–Crippen MR) is 49.6 cm³/mol. The van der Waals surface area contributed by atoms with Crippen molar-refractivity contribution < 1.29 is 23.6 Å². The summed E-state index contributed by atoms with van der Waals surface area (Å²) >= 11 is 5.39. The van der Waals surface area contributed by atoms with Crippen LogP contribution in [0.4, 0.5) is 14.5 Å². The monoisotopic (exact) mass is 251 g/mol. The third-order valence-corrected chi connectivity index (χ3v) is 2.00. The molecule has 0 heterocycles. The molecular formula is C8H4ClF2NO4. The first-order valence-corrected chi connectivity index (χ1v) is 4.20. The molecule has 0 aliphatic heterocycles. The van der Waals surface area contributed by atoms with E-state index in [0.717, 1.165) is 6.07 Å². The molecule has 16 heavy (non-hydrogen) atoms. The molecule has 0 saturated carbocycles. The van der Waals surface area contributed by atoms with Crippen LogP contribution >= 0.6 is 11.6 Å². The lowest BCUT2D eigenvalue weighted by Crippen LogP contribution is -2.26. The van der Waals surface area contributed by atoms with Crippen LogP contribution in [0.1, 0.15) is 5.56 Å². The van der Waals surface area contributed by atoms with Crippen molar-refractivity contribution in [2.45, 2.75) is 5.92 Å². The number of carboxylic acids is 1. The fourth-order valence-electron chi connectivity index (χ4n) is 1.04. The number of alkyl halides is 2. The number of hydrogen-bond donors (Lipinski definition) is 1. The van der Waals surface area contributed by atoms with E-state index < -0.39 is 28.1 Å². The van der Waals surface area contributed by atoms with E-state index >= 15 is 0 Å². The zero-order valence-electron chi connectivity index (χ0n) is 7.49. The standard InChI is InChI=1S/C8H4ClF2NO4/c9-4-1-2-5(6(3-4)12(15)16)8(10,11)7(13)14/h1-3H,(H,13,14). The van der Waals surface area contributed by atoms with Crippen molar-refractivity contribution in [2.24, 2.45) is 0 Å². The predicted octanol–water partition coefficient (Wildman–Crippen LogP) is 2.42. The lowest BCUT2D eigenvalue weighted by Gasteiger charge is -2.11. The molecule has 1 aromatic carbocycles. The van der Waals surface area contributed by atoms with Gasteiger partial charge in [-0.05, 0) is 12.1 Å². The van der Waals surface area contributed by atoms with Crippen molar-refractivity contribution >= 4 is 23.3 Å². The van der Waals surface area contributed by atoms with Gasteiger partial charge in [0, 0.05) is 11.1 Å². The van der Waals surface area contributed by atoms with Crippen LogP contribution in [0.15, 0.2) is 18.2 Å². The van der Waals surface area contributed by atoms with Gasteiger partial charge >= 0.3 is 11.9 Å². The van der Waals surface area contributed by atoms with Gasteiger partial charge in [-0.1, -0.05) is 11.6 Å². The summed E-state index contributed by atoms with van der Waals surface area (Å²) in [5, 5.41) is 18.6. The summed E-state index contributed by atoms with van der Waals surface area (Å²) < 4.78 is 26.2. The van der Waals surface area contributed by atoms with Crippen molar-refractivity contribution in [3.05, 3.63) is 38.9 Å². The maximum Gasteiger partial charge on any atom is 0.379 e. The summed E-state index contributed by atoms with van der Waals surface area (Å²) in [6.45, 7) is 0. The van der Waals surface area contributed by atoms with Gasteiger partial charge in [0.1, 0.15) is 5.56 Å². The zero-order chi connectivity index (χ0) is 12.5. The number of aliphatic carboxylic acids is 1. The molecule has 1 aromatic rings. The van der Waals surface area contributed by atoms with Crippen LogP contribution < -0.4 is 0 Å². The second-order valence-electron chi connectivity index (χ2n) is 2.80. The number of benzene rings is 1. The van der Waals surface area contributed by atoms with Gasteiger partial charge in [0.2, 0.25) is 0 Å². The quantitative estimate of drug-likeness (QED) is 0.661. The summed E-state index contributed by atoms with van der Waals surface area (Å²) in [6.07, 6.45) is 0. The van der Waals surface area contributed by atoms with Crippen LogP contribution in [-0.2, 0) is 10.7 Å². The van der Waals surface area contributed by atoms with Crippen molar-refractivity contribution in [3.63, 3.8) is 0 Å². The molecule has 0 unspecified atom stereocenters. The fraction of sp³-hybridized carbons (Fsp3) is 0.125. The molecule has 0 saturated heterocycles. The number of nitro groups is 1. The molecule has 1 N–H and O–H groups in total. The van der Waals surface area contributed by atoms with Crippen LogP contribution in [0, 0.1) is 10.1 Å². The number of carbonyl (C=O) groups is 1. The summed E-state index contributed by atoms with van der Waals surface area (Å²) in [5.41, 5.74) is -2.23. The van der Waals surface area contributed by atoms with Gasteiger partial charge in [-0.15, -0.1) is 0 Å². The van der Waals surface area contributed by atoms with Gasteiger partial charge < -0.3 is 5.11 Å². The summed E-state index contributed by atoms with van der Waals surface area (Å²) in [5.74, 6) is -6.79. The molecule has 0 fully saturated rings. The summed E-state index contributed by atoms with van der Waals surface area (Å²) in [6, 6.07) is 2.25. The van der Waals surface area contributed by atoms with E-state index in [0.29, 0.717) is 12.1 Å². The van der Waals surface area contributed by atoms with Gasteiger partial charge in [0.15, 0.2) is 0 Å². The fourth-order valence-corrected chi connectivity index (χ4v) is 1.20. The molecule has 0 aliphatic carbocycles. The Labute approximate surface area is 92.4 Å². The Bertz CT molecular complexity index is 463. The highest BCUT2D eigenvalue weighted by Crippen LogP contribution is 2.36. The molecule has 0 aromatic heterocycles. The Morgan fingerprint density at radius 3 is 2.50 bits per heavy atom. The molecular weight excluding hydrogens is 248 g/mol. The highest BCUT2D eigenvalue weighted by Gasteiger charge is 2.46. The van der Waals surface area contributed by atoms with E-state index in [9.17, 15) is 23.7 Å². The Morgan fingerprint density at radius 1 is 1.50 bits per heavy atom. The molecule has 0 radical (unpaired) electrons. The van der Waals surface area contributed by atoms with Gasteiger partial charge in [0.05, 0.1) is 4.92 Å². The van der Waals surface area contributed by atoms with Crippen molar-refractivity contribution in [1.29, 1.82) is 0 Å². The second-order valence-corrected chi connectivity index (χ2v) is 3.23. The first-order valence-electron chi connectivity index (χ1n) is 3.82. The van der Waals surface area contributed by atoms with Gasteiger partial charge in [-0.25, -0.2) is 4.79 Å². The van der Waals surface area contributed by atoms with Crippen molar-refractivity contribution in [3.8, 4) is 0 Å². The van der Waals surface area contributed by atoms with E-state index in [1.165, 1.54) is 0 Å². The Morgan fingerprint density at radius 2 is 2.06 bits per heavy atom. The van der Waals surface area contributed by atoms with Gasteiger partial charge in [-0.3, -0.25) is 10.1 Å². The van der Waals surface area contributed by atoms with E-state index in [-0.39, 0.29) is 5.02 Å². The largest absolute Gasteiger partial charge is 0.477 e. The molecule has 0 bridgehead atoms. The van der Waals surface area contributed by atoms with E-state index in [1.54, 1.807) is 0 Å². The Hall–Kier alpha value is -1.76. The average molecular weight is 252 g/mol. The number of hydrogen-bond acceptors (Lipinski definition) is 3. The van der Waals surface area contributed by atoms with E-state index in [1.807, 2.05) is 0 Å². The number of halogens is 3. The number of carboxylic acid groups (broad SMARTS) is 1. The van der Waals surface area contributed by atoms with Crippen LogP contribution in [0.25, 0.3) is 0 Å². The third kappa shape index (κ3) is 2.08. The molecule has 5 nitrogen and oxygen atoms in total. The number of nitrogens with zero attached hydrogens (tertiary/aromatic N) is 1. The number of nitro benzene ring substituents is 1. The van der Waals surface area contributed by atoms with Gasteiger partial charge in [0.25, 0.3) is 5.69 Å². The minimum atomic E-state index is -4.33. The Kier molecular flexibility index (Phi) is 3.09.